The molecular formula is C19H25FIN5O. The number of carbonyl (C=O) groups is 1. The third-order valence-electron chi connectivity index (χ3n) is 3.61. The largest absolute Gasteiger partial charge is 0.357 e. The van der Waals surface area contributed by atoms with Gasteiger partial charge in [0.15, 0.2) is 5.96 Å². The van der Waals surface area contributed by atoms with Crippen LogP contribution in [0.15, 0.2) is 47.6 Å². The van der Waals surface area contributed by atoms with Crippen molar-refractivity contribution < 1.29 is 9.18 Å². The number of pyridine rings is 1. The van der Waals surface area contributed by atoms with Crippen molar-refractivity contribution in [3.8, 4) is 0 Å². The number of nitrogens with one attached hydrogen (secondary N) is 3. The molecule has 0 bridgehead atoms. The molecule has 0 saturated carbocycles. The Hall–Kier alpha value is -2.23. The third-order valence-corrected chi connectivity index (χ3v) is 3.61. The molecule has 0 saturated heterocycles. The number of hydrogen-bond acceptors (Lipinski definition) is 3. The summed E-state index contributed by atoms with van der Waals surface area (Å²) in [4.78, 5) is 20.7. The lowest BCUT2D eigenvalue weighted by Gasteiger charge is -2.12. The van der Waals surface area contributed by atoms with Gasteiger partial charge in [-0.3, -0.25) is 9.78 Å². The molecule has 0 radical (unpaired) electrons. The van der Waals surface area contributed by atoms with Crippen LogP contribution >= 0.6 is 24.0 Å². The van der Waals surface area contributed by atoms with Crippen molar-refractivity contribution in [2.45, 2.75) is 20.4 Å². The summed E-state index contributed by atoms with van der Waals surface area (Å²) in [6.45, 7) is 5.71. The van der Waals surface area contributed by atoms with Gasteiger partial charge >= 0.3 is 0 Å². The van der Waals surface area contributed by atoms with E-state index in [2.05, 4.69) is 25.9 Å². The van der Waals surface area contributed by atoms with Crippen molar-refractivity contribution in [3.63, 3.8) is 0 Å². The normalized spacial score (nSPS) is 10.7. The summed E-state index contributed by atoms with van der Waals surface area (Å²) in [6, 6.07) is 10.1. The molecule has 1 heterocycles. The SMILES string of the molecule is CCNC(=NCc1ccccn1)NCCNC(=O)c1ccc(C)c(F)c1.I. The van der Waals surface area contributed by atoms with Crippen LogP contribution in [-0.2, 0) is 6.54 Å². The number of rotatable bonds is 7. The van der Waals surface area contributed by atoms with E-state index in [-0.39, 0.29) is 35.7 Å². The van der Waals surface area contributed by atoms with Gasteiger partial charge in [0.05, 0.1) is 12.2 Å². The average molecular weight is 485 g/mol. The van der Waals surface area contributed by atoms with E-state index in [4.69, 9.17) is 0 Å². The van der Waals surface area contributed by atoms with E-state index < -0.39 is 0 Å². The first kappa shape index (κ1) is 22.8. The minimum atomic E-state index is -0.383. The molecule has 0 aliphatic heterocycles. The number of aryl methyl sites for hydroxylation is 1. The maximum Gasteiger partial charge on any atom is 0.251 e. The Labute approximate surface area is 176 Å². The number of amides is 1. The fourth-order valence-corrected chi connectivity index (χ4v) is 2.19. The average Bonchev–Trinajstić information content (AvgIpc) is 2.66. The summed E-state index contributed by atoms with van der Waals surface area (Å²) < 4.78 is 13.5. The lowest BCUT2D eigenvalue weighted by Crippen LogP contribution is -2.41. The molecule has 6 nitrogen and oxygen atoms in total. The van der Waals surface area contributed by atoms with Gasteiger partial charge in [-0.15, -0.1) is 24.0 Å². The molecule has 146 valence electrons. The van der Waals surface area contributed by atoms with Crippen molar-refractivity contribution in [3.05, 3.63) is 65.2 Å². The predicted molar refractivity (Wildman–Crippen MR) is 116 cm³/mol. The molecule has 1 amide bonds. The Balaban J connectivity index is 0.00000364. The van der Waals surface area contributed by atoms with Crippen LogP contribution in [0.4, 0.5) is 4.39 Å². The maximum absolute atomic E-state index is 13.5. The van der Waals surface area contributed by atoms with Crippen LogP contribution in [0.5, 0.6) is 0 Å². The standard InChI is InChI=1S/C19H24FN5O.HI/c1-3-21-19(25-13-16-6-4-5-9-22-16)24-11-10-23-18(26)15-8-7-14(2)17(20)12-15;/h4-9,12H,3,10-11,13H2,1-2H3,(H,23,26)(H2,21,24,25);1H. The van der Waals surface area contributed by atoms with Crippen molar-refractivity contribution in [2.24, 2.45) is 4.99 Å². The smallest absolute Gasteiger partial charge is 0.251 e. The van der Waals surface area contributed by atoms with E-state index in [0.29, 0.717) is 36.7 Å². The second-order valence-electron chi connectivity index (χ2n) is 5.66. The Bertz CT molecular complexity index is 755. The lowest BCUT2D eigenvalue weighted by molar-refractivity contribution is 0.0954. The van der Waals surface area contributed by atoms with E-state index in [0.717, 1.165) is 12.2 Å². The van der Waals surface area contributed by atoms with Gasteiger partial charge in [-0.2, -0.15) is 0 Å². The first-order chi connectivity index (χ1) is 12.6. The van der Waals surface area contributed by atoms with Gasteiger partial charge in [0.25, 0.3) is 5.91 Å². The molecule has 0 aliphatic carbocycles. The van der Waals surface area contributed by atoms with Gasteiger partial charge in [0.2, 0.25) is 0 Å². The number of hydrogen-bond donors (Lipinski definition) is 3. The van der Waals surface area contributed by atoms with Crippen molar-refractivity contribution in [2.75, 3.05) is 19.6 Å². The van der Waals surface area contributed by atoms with Crippen LogP contribution in [0, 0.1) is 12.7 Å². The first-order valence-corrected chi connectivity index (χ1v) is 8.56. The molecular weight excluding hydrogens is 460 g/mol. The monoisotopic (exact) mass is 485 g/mol. The Kier molecular flexibility index (Phi) is 10.3. The molecule has 0 atom stereocenters. The number of aliphatic imine (C=N–C) groups is 1. The molecule has 1 aromatic carbocycles. The Morgan fingerprint density at radius 2 is 1.93 bits per heavy atom. The van der Waals surface area contributed by atoms with Gasteiger partial charge < -0.3 is 16.0 Å². The van der Waals surface area contributed by atoms with Crippen molar-refractivity contribution in [1.29, 1.82) is 0 Å². The number of carbonyl (C=O) groups excluding carboxylic acids is 1. The van der Waals surface area contributed by atoms with Gasteiger partial charge in [-0.1, -0.05) is 12.1 Å². The molecule has 27 heavy (non-hydrogen) atoms. The summed E-state index contributed by atoms with van der Waals surface area (Å²) in [5, 5.41) is 9.03. The highest BCUT2D eigenvalue weighted by Crippen LogP contribution is 2.08. The van der Waals surface area contributed by atoms with E-state index in [1.54, 1.807) is 25.3 Å². The van der Waals surface area contributed by atoms with Crippen molar-refractivity contribution >= 4 is 35.8 Å². The summed E-state index contributed by atoms with van der Waals surface area (Å²) in [5.41, 5.74) is 1.70. The van der Waals surface area contributed by atoms with Crippen LogP contribution in [0.25, 0.3) is 0 Å². The van der Waals surface area contributed by atoms with Gasteiger partial charge in [-0.25, -0.2) is 9.38 Å². The second-order valence-corrected chi connectivity index (χ2v) is 5.66. The van der Waals surface area contributed by atoms with E-state index in [1.165, 1.54) is 6.07 Å². The minimum Gasteiger partial charge on any atom is -0.357 e. The number of benzene rings is 1. The number of halogens is 2. The van der Waals surface area contributed by atoms with Crippen LogP contribution in [0.1, 0.15) is 28.5 Å². The Morgan fingerprint density at radius 1 is 1.15 bits per heavy atom. The molecule has 8 heteroatoms. The van der Waals surface area contributed by atoms with Crippen LogP contribution in [0.2, 0.25) is 0 Å². The zero-order valence-corrected chi connectivity index (χ0v) is 17.8. The van der Waals surface area contributed by atoms with E-state index in [1.807, 2.05) is 25.1 Å². The molecule has 0 spiro atoms. The minimum absolute atomic E-state index is 0. The quantitative estimate of drug-likeness (QED) is 0.244. The van der Waals surface area contributed by atoms with Crippen LogP contribution in [-0.4, -0.2) is 36.5 Å². The van der Waals surface area contributed by atoms with Gasteiger partial charge in [0, 0.05) is 31.4 Å². The molecule has 0 aliphatic rings. The van der Waals surface area contributed by atoms with Gasteiger partial charge in [0.1, 0.15) is 5.82 Å². The molecule has 0 unspecified atom stereocenters. The highest BCUT2D eigenvalue weighted by atomic mass is 127. The van der Waals surface area contributed by atoms with E-state index in [9.17, 15) is 9.18 Å². The second kappa shape index (κ2) is 12.2. The van der Waals surface area contributed by atoms with E-state index >= 15 is 0 Å². The number of guanidine groups is 1. The maximum atomic E-state index is 13.5. The molecule has 2 aromatic rings. The van der Waals surface area contributed by atoms with Crippen LogP contribution in [0.3, 0.4) is 0 Å². The van der Waals surface area contributed by atoms with Gasteiger partial charge in [-0.05, 0) is 43.7 Å². The summed E-state index contributed by atoms with van der Waals surface area (Å²) in [7, 11) is 0. The predicted octanol–water partition coefficient (Wildman–Crippen LogP) is 2.63. The fourth-order valence-electron chi connectivity index (χ4n) is 2.19. The topological polar surface area (TPSA) is 78.4 Å². The summed E-state index contributed by atoms with van der Waals surface area (Å²) >= 11 is 0. The molecule has 2 rings (SSSR count). The molecule has 1 aromatic heterocycles. The number of aromatic nitrogens is 1. The number of nitrogens with zero attached hydrogens (tertiary/aromatic N) is 2. The molecule has 3 N–H and O–H groups in total. The summed E-state index contributed by atoms with van der Waals surface area (Å²) in [5.74, 6) is -0.0400. The fraction of sp³-hybridized carbons (Fsp3) is 0.316. The highest BCUT2D eigenvalue weighted by molar-refractivity contribution is 14.0. The molecule has 0 fully saturated rings. The highest BCUT2D eigenvalue weighted by Gasteiger charge is 2.07. The first-order valence-electron chi connectivity index (χ1n) is 8.56. The van der Waals surface area contributed by atoms with Crippen LogP contribution < -0.4 is 16.0 Å². The lowest BCUT2D eigenvalue weighted by atomic mass is 10.1. The van der Waals surface area contributed by atoms with Crippen molar-refractivity contribution in [1.82, 2.24) is 20.9 Å². The zero-order chi connectivity index (χ0) is 18.8. The third kappa shape index (κ3) is 7.90. The summed E-state index contributed by atoms with van der Waals surface area (Å²) in [6.07, 6.45) is 1.73. The Morgan fingerprint density at radius 3 is 2.59 bits per heavy atom. The zero-order valence-electron chi connectivity index (χ0n) is 15.5.